The molecular formula is C24H24FNO5. The van der Waals surface area contributed by atoms with Crippen LogP contribution in [0.15, 0.2) is 42.5 Å². The molecule has 6 nitrogen and oxygen atoms in total. The van der Waals surface area contributed by atoms with Crippen molar-refractivity contribution < 1.29 is 28.2 Å². The molecule has 1 amide bonds. The van der Waals surface area contributed by atoms with Gasteiger partial charge in [0.1, 0.15) is 34.2 Å². The highest BCUT2D eigenvalue weighted by Crippen LogP contribution is 2.44. The fourth-order valence-electron chi connectivity index (χ4n) is 4.11. The second kappa shape index (κ2) is 8.41. The third-order valence-corrected chi connectivity index (χ3v) is 5.86. The first kappa shape index (κ1) is 20.9. The molecule has 2 heterocycles. The predicted octanol–water partition coefficient (Wildman–Crippen LogP) is 3.88. The Morgan fingerprint density at radius 2 is 1.84 bits per heavy atom. The standard InChI is InChI=1S/C24H24FNO5/c1-29-18-13-20(30-2)23-19(27)15-24(31-21(23)14-18)9-11-26(12-10-24)22(28)8-5-16-3-6-17(25)7-4-16/h3-8,13-14H,9-12,15H2,1-2H3/b8-5+. The van der Waals surface area contributed by atoms with Gasteiger partial charge in [-0.3, -0.25) is 9.59 Å². The van der Waals surface area contributed by atoms with Crippen LogP contribution in [-0.2, 0) is 4.79 Å². The van der Waals surface area contributed by atoms with E-state index in [2.05, 4.69) is 0 Å². The number of benzene rings is 2. The van der Waals surface area contributed by atoms with E-state index < -0.39 is 5.60 Å². The Morgan fingerprint density at radius 1 is 1.13 bits per heavy atom. The largest absolute Gasteiger partial charge is 0.496 e. The van der Waals surface area contributed by atoms with E-state index >= 15 is 0 Å². The van der Waals surface area contributed by atoms with E-state index in [1.807, 2.05) is 0 Å². The lowest BCUT2D eigenvalue weighted by molar-refractivity contribution is -0.129. The maximum Gasteiger partial charge on any atom is 0.246 e. The Labute approximate surface area is 180 Å². The van der Waals surface area contributed by atoms with Gasteiger partial charge >= 0.3 is 0 Å². The minimum atomic E-state index is -0.640. The zero-order chi connectivity index (χ0) is 22.0. The van der Waals surface area contributed by atoms with Gasteiger partial charge in [0, 0.05) is 44.1 Å². The highest BCUT2D eigenvalue weighted by atomic mass is 19.1. The Balaban J connectivity index is 1.45. The SMILES string of the molecule is COc1cc(OC)c2c(c1)OC1(CCN(C(=O)/C=C/c3ccc(F)cc3)CC1)CC2=O. The van der Waals surface area contributed by atoms with Crippen LogP contribution in [0.3, 0.4) is 0 Å². The minimum absolute atomic E-state index is 0.0308. The summed E-state index contributed by atoms with van der Waals surface area (Å²) >= 11 is 0. The monoisotopic (exact) mass is 425 g/mol. The normalized spacial score (nSPS) is 17.4. The van der Waals surface area contributed by atoms with Crippen LogP contribution in [0.5, 0.6) is 17.2 Å². The topological polar surface area (TPSA) is 65.1 Å². The fraction of sp³-hybridized carbons (Fsp3) is 0.333. The molecule has 0 saturated carbocycles. The molecule has 2 aromatic rings. The van der Waals surface area contributed by atoms with Gasteiger partial charge in [-0.25, -0.2) is 4.39 Å². The van der Waals surface area contributed by atoms with Crippen molar-refractivity contribution in [2.75, 3.05) is 27.3 Å². The van der Waals surface area contributed by atoms with E-state index in [1.165, 1.54) is 25.3 Å². The molecule has 2 aliphatic rings. The Hall–Kier alpha value is -3.35. The average Bonchev–Trinajstić information content (AvgIpc) is 2.78. The summed E-state index contributed by atoms with van der Waals surface area (Å²) in [6.45, 7) is 0.965. The number of carbonyl (C=O) groups excluding carboxylic acids is 2. The smallest absolute Gasteiger partial charge is 0.246 e. The number of rotatable bonds is 4. The molecule has 162 valence electrons. The molecule has 2 aliphatic heterocycles. The summed E-state index contributed by atoms with van der Waals surface area (Å²) in [5, 5.41) is 0. The highest BCUT2D eigenvalue weighted by molar-refractivity contribution is 6.03. The summed E-state index contributed by atoms with van der Waals surface area (Å²) < 4.78 is 30.0. The average molecular weight is 425 g/mol. The number of methoxy groups -OCH3 is 2. The number of hydrogen-bond donors (Lipinski definition) is 0. The number of ether oxygens (including phenoxy) is 3. The molecule has 2 aromatic carbocycles. The van der Waals surface area contributed by atoms with Gasteiger partial charge in [-0.05, 0) is 23.8 Å². The Bertz CT molecular complexity index is 1020. The predicted molar refractivity (Wildman–Crippen MR) is 113 cm³/mol. The molecule has 0 unspecified atom stereocenters. The second-order valence-corrected chi connectivity index (χ2v) is 7.80. The third-order valence-electron chi connectivity index (χ3n) is 5.86. The third kappa shape index (κ3) is 4.26. The molecule has 7 heteroatoms. The lowest BCUT2D eigenvalue weighted by atomic mass is 9.82. The molecule has 0 aliphatic carbocycles. The molecule has 0 radical (unpaired) electrons. The zero-order valence-electron chi connectivity index (χ0n) is 17.5. The van der Waals surface area contributed by atoms with E-state index in [4.69, 9.17) is 14.2 Å². The molecule has 0 N–H and O–H groups in total. The van der Waals surface area contributed by atoms with Gasteiger partial charge in [0.05, 0.1) is 20.6 Å². The molecule has 4 rings (SSSR count). The van der Waals surface area contributed by atoms with Crippen molar-refractivity contribution in [3.05, 3.63) is 59.4 Å². The van der Waals surface area contributed by atoms with Crippen LogP contribution in [0.1, 0.15) is 35.2 Å². The maximum absolute atomic E-state index is 13.0. The van der Waals surface area contributed by atoms with Gasteiger partial charge in [-0.2, -0.15) is 0 Å². The van der Waals surface area contributed by atoms with Crippen LogP contribution in [0, 0.1) is 5.82 Å². The second-order valence-electron chi connectivity index (χ2n) is 7.80. The van der Waals surface area contributed by atoms with Crippen molar-refractivity contribution in [1.29, 1.82) is 0 Å². The van der Waals surface area contributed by atoms with Crippen LogP contribution < -0.4 is 14.2 Å². The zero-order valence-corrected chi connectivity index (χ0v) is 17.5. The van der Waals surface area contributed by atoms with Gasteiger partial charge in [-0.15, -0.1) is 0 Å². The van der Waals surface area contributed by atoms with Crippen LogP contribution in [0.4, 0.5) is 4.39 Å². The van der Waals surface area contributed by atoms with E-state index in [0.29, 0.717) is 48.7 Å². The first-order valence-corrected chi connectivity index (χ1v) is 10.1. The molecule has 31 heavy (non-hydrogen) atoms. The lowest BCUT2D eigenvalue weighted by Gasteiger charge is -2.44. The number of carbonyl (C=O) groups is 2. The van der Waals surface area contributed by atoms with Crippen LogP contribution in [-0.4, -0.2) is 49.5 Å². The number of hydrogen-bond acceptors (Lipinski definition) is 5. The Morgan fingerprint density at radius 3 is 2.48 bits per heavy atom. The first-order chi connectivity index (χ1) is 14.9. The maximum atomic E-state index is 13.0. The van der Waals surface area contributed by atoms with Crippen molar-refractivity contribution in [1.82, 2.24) is 4.90 Å². The number of Topliss-reactive ketones (excluding diaryl/α,β-unsaturated/α-hetero) is 1. The summed E-state index contributed by atoms with van der Waals surface area (Å²) in [5.41, 5.74) is 0.553. The van der Waals surface area contributed by atoms with E-state index in [-0.39, 0.29) is 23.9 Å². The molecule has 0 aromatic heterocycles. The number of piperidine rings is 1. The molecule has 1 spiro atoms. The number of fused-ring (bicyclic) bond motifs is 1. The lowest BCUT2D eigenvalue weighted by Crippen LogP contribution is -2.52. The highest BCUT2D eigenvalue weighted by Gasteiger charge is 2.44. The van der Waals surface area contributed by atoms with Crippen LogP contribution >= 0.6 is 0 Å². The Kier molecular flexibility index (Phi) is 5.67. The first-order valence-electron chi connectivity index (χ1n) is 10.1. The molecule has 0 bridgehead atoms. The van der Waals surface area contributed by atoms with Crippen molar-refractivity contribution in [3.8, 4) is 17.2 Å². The molecule has 1 fully saturated rings. The van der Waals surface area contributed by atoms with Crippen molar-refractivity contribution in [3.63, 3.8) is 0 Å². The van der Waals surface area contributed by atoms with Crippen LogP contribution in [0.2, 0.25) is 0 Å². The molecule has 1 saturated heterocycles. The van der Waals surface area contributed by atoms with Gasteiger partial charge in [0.25, 0.3) is 0 Å². The number of nitrogens with zero attached hydrogens (tertiary/aromatic N) is 1. The number of ketones is 1. The summed E-state index contributed by atoms with van der Waals surface area (Å²) in [7, 11) is 3.06. The number of amides is 1. The quantitative estimate of drug-likeness (QED) is 0.696. The van der Waals surface area contributed by atoms with Crippen LogP contribution in [0.25, 0.3) is 6.08 Å². The summed E-state index contributed by atoms with van der Waals surface area (Å²) in [6, 6.07) is 9.33. The fourth-order valence-corrected chi connectivity index (χ4v) is 4.11. The molecular weight excluding hydrogens is 401 g/mol. The minimum Gasteiger partial charge on any atom is -0.496 e. The summed E-state index contributed by atoms with van der Waals surface area (Å²) in [4.78, 5) is 27.2. The van der Waals surface area contributed by atoms with Gasteiger partial charge < -0.3 is 19.1 Å². The van der Waals surface area contributed by atoms with Crippen molar-refractivity contribution >= 4 is 17.8 Å². The van der Waals surface area contributed by atoms with E-state index in [9.17, 15) is 14.0 Å². The van der Waals surface area contributed by atoms with Crippen molar-refractivity contribution in [2.24, 2.45) is 0 Å². The van der Waals surface area contributed by atoms with Gasteiger partial charge in [0.15, 0.2) is 5.78 Å². The van der Waals surface area contributed by atoms with Crippen molar-refractivity contribution in [2.45, 2.75) is 24.9 Å². The van der Waals surface area contributed by atoms with E-state index in [0.717, 1.165) is 5.56 Å². The number of halogens is 1. The summed E-state index contributed by atoms with van der Waals surface area (Å²) in [6.07, 6.45) is 4.50. The van der Waals surface area contributed by atoms with Gasteiger partial charge in [-0.1, -0.05) is 12.1 Å². The van der Waals surface area contributed by atoms with E-state index in [1.54, 1.807) is 42.4 Å². The van der Waals surface area contributed by atoms with Gasteiger partial charge in [0.2, 0.25) is 5.91 Å². The summed E-state index contributed by atoms with van der Waals surface area (Å²) in [5.74, 6) is 0.987. The number of likely N-dealkylation sites (tertiary alicyclic amines) is 1. The molecule has 0 atom stereocenters.